The van der Waals surface area contributed by atoms with E-state index in [9.17, 15) is 9.59 Å². The van der Waals surface area contributed by atoms with Crippen LogP contribution in [0, 0.1) is 12.3 Å². The summed E-state index contributed by atoms with van der Waals surface area (Å²) >= 11 is 0. The average Bonchev–Trinajstić information content (AvgIpc) is 3.34. The number of aromatic nitrogens is 4. The van der Waals surface area contributed by atoms with E-state index in [4.69, 9.17) is 9.47 Å². The number of rotatable bonds is 5. The molecule has 0 radical (unpaired) electrons. The van der Waals surface area contributed by atoms with Gasteiger partial charge in [0.15, 0.2) is 0 Å². The lowest BCUT2D eigenvalue weighted by Gasteiger charge is -2.25. The lowest BCUT2D eigenvalue weighted by Crippen LogP contribution is -2.39. The summed E-state index contributed by atoms with van der Waals surface area (Å²) in [6.45, 7) is 7.23. The van der Waals surface area contributed by atoms with E-state index in [0.717, 1.165) is 11.3 Å². The summed E-state index contributed by atoms with van der Waals surface area (Å²) in [6.07, 6.45) is 6.05. The molecule has 34 heavy (non-hydrogen) atoms. The molecule has 5 heterocycles. The molecule has 0 bridgehead atoms. The lowest BCUT2D eigenvalue weighted by atomic mass is 9.92. The van der Waals surface area contributed by atoms with Crippen molar-refractivity contribution in [3.8, 4) is 22.8 Å². The minimum Gasteiger partial charge on any atom is -0.455 e. The van der Waals surface area contributed by atoms with Crippen LogP contribution in [-0.4, -0.2) is 56.3 Å². The van der Waals surface area contributed by atoms with Crippen molar-refractivity contribution in [1.82, 2.24) is 24.6 Å². The van der Waals surface area contributed by atoms with Crippen molar-refractivity contribution in [3.63, 3.8) is 0 Å². The first-order chi connectivity index (χ1) is 16.3. The molecular weight excluding hydrogens is 436 g/mol. The molecule has 0 atom stereocenters. The highest BCUT2D eigenvalue weighted by Crippen LogP contribution is 2.32. The fourth-order valence-corrected chi connectivity index (χ4v) is 3.87. The summed E-state index contributed by atoms with van der Waals surface area (Å²) in [5, 5.41) is 7.11. The Labute approximate surface area is 196 Å². The Bertz CT molecular complexity index is 1250. The number of pyridine rings is 2. The Kier molecular flexibility index (Phi) is 5.52. The molecule has 3 amide bonds. The standard InChI is InChI=1S/C24H26N6O4/c1-15-20(4-5-21(27-15)28-23(32)29-9-7-24(2,3)22(29)31)34-18-6-8-25-19(10-18)16-11-26-30(12-16)17-13-33-14-17/h4-6,8,10-12,17H,7,9,13-14H2,1-3H3,(H,27,28,32). The number of nitrogens with zero attached hydrogens (tertiary/aromatic N) is 5. The molecular formula is C24H26N6O4. The average molecular weight is 463 g/mol. The van der Waals surface area contributed by atoms with Crippen LogP contribution in [0.5, 0.6) is 11.5 Å². The maximum absolute atomic E-state index is 12.5. The van der Waals surface area contributed by atoms with E-state index in [2.05, 4.69) is 20.4 Å². The molecule has 2 fully saturated rings. The van der Waals surface area contributed by atoms with E-state index >= 15 is 0 Å². The Morgan fingerprint density at radius 2 is 2.09 bits per heavy atom. The number of carbonyl (C=O) groups is 2. The second-order valence-electron chi connectivity index (χ2n) is 9.18. The summed E-state index contributed by atoms with van der Waals surface area (Å²) in [7, 11) is 0. The van der Waals surface area contributed by atoms with Gasteiger partial charge >= 0.3 is 6.03 Å². The number of amides is 3. The molecule has 2 aliphatic rings. The molecule has 0 aromatic carbocycles. The third-order valence-electron chi connectivity index (χ3n) is 6.15. The molecule has 0 aliphatic carbocycles. The minimum absolute atomic E-state index is 0.179. The number of nitrogens with one attached hydrogen (secondary N) is 1. The van der Waals surface area contributed by atoms with Crippen molar-refractivity contribution in [2.75, 3.05) is 25.1 Å². The molecule has 176 valence electrons. The van der Waals surface area contributed by atoms with Crippen LogP contribution in [0.3, 0.4) is 0 Å². The molecule has 0 unspecified atom stereocenters. The van der Waals surface area contributed by atoms with Crippen LogP contribution in [0.1, 0.15) is 32.0 Å². The predicted molar refractivity (Wildman–Crippen MR) is 123 cm³/mol. The van der Waals surface area contributed by atoms with Gasteiger partial charge in [-0.15, -0.1) is 0 Å². The zero-order chi connectivity index (χ0) is 23.9. The van der Waals surface area contributed by atoms with Crippen LogP contribution in [-0.2, 0) is 9.53 Å². The molecule has 0 saturated carbocycles. The monoisotopic (exact) mass is 462 g/mol. The topological polar surface area (TPSA) is 111 Å². The Balaban J connectivity index is 1.26. The molecule has 3 aromatic rings. The van der Waals surface area contributed by atoms with Crippen LogP contribution >= 0.6 is 0 Å². The normalized spacial score (nSPS) is 17.5. The summed E-state index contributed by atoms with van der Waals surface area (Å²) < 4.78 is 13.2. The van der Waals surface area contributed by atoms with Gasteiger partial charge in [0, 0.05) is 36.0 Å². The van der Waals surface area contributed by atoms with Gasteiger partial charge < -0.3 is 9.47 Å². The summed E-state index contributed by atoms with van der Waals surface area (Å²) in [5.74, 6) is 1.34. The van der Waals surface area contributed by atoms with E-state index in [1.807, 2.05) is 30.8 Å². The molecule has 10 nitrogen and oxygen atoms in total. The SMILES string of the molecule is Cc1nc(NC(=O)N2CCC(C)(C)C2=O)ccc1Oc1ccnc(-c2cnn(C3COC3)c2)c1. The quantitative estimate of drug-likeness (QED) is 0.614. The van der Waals surface area contributed by atoms with Gasteiger partial charge in [-0.2, -0.15) is 5.10 Å². The van der Waals surface area contributed by atoms with Gasteiger partial charge in [0.2, 0.25) is 5.91 Å². The van der Waals surface area contributed by atoms with Crippen LogP contribution in [0.2, 0.25) is 0 Å². The Morgan fingerprint density at radius 1 is 1.26 bits per heavy atom. The van der Waals surface area contributed by atoms with Crippen molar-refractivity contribution in [3.05, 3.63) is 48.5 Å². The first-order valence-corrected chi connectivity index (χ1v) is 11.2. The number of hydrogen-bond donors (Lipinski definition) is 1. The van der Waals surface area contributed by atoms with E-state index in [1.165, 1.54) is 4.90 Å². The molecule has 0 spiro atoms. The van der Waals surface area contributed by atoms with Crippen LogP contribution in [0.4, 0.5) is 10.6 Å². The van der Waals surface area contributed by atoms with Gasteiger partial charge in [-0.3, -0.25) is 24.7 Å². The summed E-state index contributed by atoms with van der Waals surface area (Å²) in [6, 6.07) is 6.80. The zero-order valence-corrected chi connectivity index (χ0v) is 19.3. The third-order valence-corrected chi connectivity index (χ3v) is 6.15. The summed E-state index contributed by atoms with van der Waals surface area (Å²) in [4.78, 5) is 35.0. The smallest absolute Gasteiger partial charge is 0.329 e. The van der Waals surface area contributed by atoms with Crippen molar-refractivity contribution >= 4 is 17.8 Å². The van der Waals surface area contributed by atoms with E-state index < -0.39 is 11.4 Å². The van der Waals surface area contributed by atoms with Gasteiger partial charge in [-0.05, 0) is 31.5 Å². The number of urea groups is 1. The van der Waals surface area contributed by atoms with Crippen molar-refractivity contribution < 1.29 is 19.1 Å². The second kappa shape index (κ2) is 8.53. The lowest BCUT2D eigenvalue weighted by molar-refractivity contribution is -0.131. The first kappa shape index (κ1) is 22.0. The number of anilines is 1. The molecule has 3 aromatic heterocycles. The highest BCUT2D eigenvalue weighted by atomic mass is 16.5. The maximum Gasteiger partial charge on any atom is 0.329 e. The Hall–Kier alpha value is -3.79. The van der Waals surface area contributed by atoms with Gasteiger partial charge in [-0.25, -0.2) is 9.78 Å². The number of aryl methyl sites for hydroxylation is 1. The van der Waals surface area contributed by atoms with Crippen molar-refractivity contribution in [1.29, 1.82) is 0 Å². The van der Waals surface area contributed by atoms with E-state index in [-0.39, 0.29) is 11.9 Å². The number of carbonyl (C=O) groups excluding carboxylic acids is 2. The molecule has 5 rings (SSSR count). The molecule has 1 N–H and O–H groups in total. The van der Waals surface area contributed by atoms with E-state index in [0.29, 0.717) is 49.2 Å². The number of hydrogen-bond acceptors (Lipinski definition) is 7. The van der Waals surface area contributed by atoms with Crippen molar-refractivity contribution in [2.45, 2.75) is 33.2 Å². The first-order valence-electron chi connectivity index (χ1n) is 11.2. The summed E-state index contributed by atoms with van der Waals surface area (Å²) in [5.41, 5.74) is 1.72. The number of ether oxygens (including phenoxy) is 2. The zero-order valence-electron chi connectivity index (χ0n) is 19.3. The Morgan fingerprint density at radius 3 is 2.76 bits per heavy atom. The van der Waals surface area contributed by atoms with Gasteiger partial charge in [0.1, 0.15) is 17.3 Å². The van der Waals surface area contributed by atoms with Gasteiger partial charge in [0.25, 0.3) is 0 Å². The van der Waals surface area contributed by atoms with Crippen LogP contribution in [0.15, 0.2) is 42.9 Å². The van der Waals surface area contributed by atoms with E-state index in [1.54, 1.807) is 37.5 Å². The van der Waals surface area contributed by atoms with Crippen LogP contribution < -0.4 is 10.1 Å². The molecule has 10 heteroatoms. The molecule has 2 aliphatic heterocycles. The van der Waals surface area contributed by atoms with Crippen molar-refractivity contribution in [2.24, 2.45) is 5.41 Å². The molecule has 2 saturated heterocycles. The largest absolute Gasteiger partial charge is 0.455 e. The van der Waals surface area contributed by atoms with Gasteiger partial charge in [0.05, 0.1) is 36.8 Å². The fraction of sp³-hybridized carbons (Fsp3) is 0.375. The predicted octanol–water partition coefficient (Wildman–Crippen LogP) is 3.80. The maximum atomic E-state index is 12.5. The minimum atomic E-state index is -0.522. The second-order valence-corrected chi connectivity index (χ2v) is 9.18. The number of imide groups is 1. The van der Waals surface area contributed by atoms with Gasteiger partial charge in [-0.1, -0.05) is 13.8 Å². The fourth-order valence-electron chi connectivity index (χ4n) is 3.87. The number of likely N-dealkylation sites (tertiary alicyclic amines) is 1. The van der Waals surface area contributed by atoms with Crippen LogP contribution in [0.25, 0.3) is 11.3 Å². The highest BCUT2D eigenvalue weighted by Gasteiger charge is 2.41. The third kappa shape index (κ3) is 4.24. The highest BCUT2D eigenvalue weighted by molar-refractivity contribution is 6.03.